The Morgan fingerprint density at radius 2 is 1.48 bits per heavy atom. The molecule has 0 atom stereocenters. The molecule has 1 aliphatic carbocycles. The number of hydrogen-bond donors (Lipinski definition) is 1. The van der Waals surface area contributed by atoms with Crippen LogP contribution in [0.3, 0.4) is 0 Å². The quantitative estimate of drug-likeness (QED) is 0.745. The molecule has 1 N–H and O–H groups in total. The van der Waals surface area contributed by atoms with Gasteiger partial charge in [-0.15, -0.1) is 0 Å². The molecule has 2 aromatic rings. The van der Waals surface area contributed by atoms with Crippen molar-refractivity contribution in [2.75, 3.05) is 6.54 Å². The van der Waals surface area contributed by atoms with Gasteiger partial charge in [-0.1, -0.05) is 74.7 Å². The van der Waals surface area contributed by atoms with Crippen LogP contribution in [-0.2, 0) is 6.42 Å². The molecule has 0 aliphatic heterocycles. The van der Waals surface area contributed by atoms with E-state index in [1.807, 2.05) is 0 Å². The highest BCUT2D eigenvalue weighted by Crippen LogP contribution is 2.34. The fraction of sp³-hybridized carbons (Fsp3) is 0.400. The summed E-state index contributed by atoms with van der Waals surface area (Å²) in [5, 5.41) is 3.79. The SMILES string of the molecule is CCCCCCNC1c2ccccc2Cc2ccccc21. The van der Waals surface area contributed by atoms with Gasteiger partial charge in [-0.25, -0.2) is 0 Å². The van der Waals surface area contributed by atoms with Crippen LogP contribution in [-0.4, -0.2) is 6.54 Å². The molecule has 0 radical (unpaired) electrons. The Morgan fingerprint density at radius 1 is 0.857 bits per heavy atom. The van der Waals surface area contributed by atoms with Gasteiger partial charge in [-0.3, -0.25) is 0 Å². The molecule has 1 aliphatic rings. The van der Waals surface area contributed by atoms with E-state index in [-0.39, 0.29) is 0 Å². The van der Waals surface area contributed by atoms with Crippen LogP contribution in [0.4, 0.5) is 0 Å². The molecular formula is C20H25N. The molecule has 0 bridgehead atoms. The molecule has 1 heteroatoms. The van der Waals surface area contributed by atoms with Crippen molar-refractivity contribution in [1.82, 2.24) is 5.32 Å². The van der Waals surface area contributed by atoms with Crippen LogP contribution in [0, 0.1) is 0 Å². The third-order valence-corrected chi connectivity index (χ3v) is 4.49. The minimum Gasteiger partial charge on any atom is -0.306 e. The third kappa shape index (κ3) is 3.19. The molecule has 21 heavy (non-hydrogen) atoms. The van der Waals surface area contributed by atoms with Gasteiger partial charge in [0.15, 0.2) is 0 Å². The lowest BCUT2D eigenvalue weighted by Gasteiger charge is -2.29. The Morgan fingerprint density at radius 3 is 2.10 bits per heavy atom. The minimum absolute atomic E-state index is 0.368. The molecular weight excluding hydrogens is 254 g/mol. The minimum atomic E-state index is 0.368. The van der Waals surface area contributed by atoms with Crippen LogP contribution in [0.15, 0.2) is 48.5 Å². The van der Waals surface area contributed by atoms with Crippen molar-refractivity contribution in [3.8, 4) is 0 Å². The summed E-state index contributed by atoms with van der Waals surface area (Å²) >= 11 is 0. The van der Waals surface area contributed by atoms with E-state index in [1.54, 1.807) is 0 Å². The van der Waals surface area contributed by atoms with Gasteiger partial charge in [0.25, 0.3) is 0 Å². The monoisotopic (exact) mass is 279 g/mol. The first-order valence-electron chi connectivity index (χ1n) is 8.29. The standard InChI is InChI=1S/C20H25N/c1-2-3-4-9-14-21-20-18-12-7-5-10-16(18)15-17-11-6-8-13-19(17)20/h5-8,10-13,20-21H,2-4,9,14-15H2,1H3. The zero-order valence-corrected chi connectivity index (χ0v) is 12.9. The second-order valence-electron chi connectivity index (χ2n) is 6.02. The number of fused-ring (bicyclic) bond motifs is 2. The fourth-order valence-electron chi connectivity index (χ4n) is 3.34. The lowest BCUT2D eigenvalue weighted by Crippen LogP contribution is -2.28. The van der Waals surface area contributed by atoms with Crippen LogP contribution in [0.25, 0.3) is 0 Å². The lowest BCUT2D eigenvalue weighted by atomic mass is 9.82. The van der Waals surface area contributed by atoms with E-state index in [4.69, 9.17) is 0 Å². The van der Waals surface area contributed by atoms with Crippen molar-refractivity contribution in [2.24, 2.45) is 0 Å². The van der Waals surface area contributed by atoms with Crippen LogP contribution >= 0.6 is 0 Å². The topological polar surface area (TPSA) is 12.0 Å². The van der Waals surface area contributed by atoms with Gasteiger partial charge >= 0.3 is 0 Å². The number of rotatable bonds is 6. The normalized spacial score (nSPS) is 13.8. The van der Waals surface area contributed by atoms with Gasteiger partial charge < -0.3 is 5.32 Å². The summed E-state index contributed by atoms with van der Waals surface area (Å²) in [6.45, 7) is 3.37. The number of benzene rings is 2. The summed E-state index contributed by atoms with van der Waals surface area (Å²) in [5.74, 6) is 0. The van der Waals surface area contributed by atoms with E-state index >= 15 is 0 Å². The second kappa shape index (κ2) is 6.91. The highest BCUT2D eigenvalue weighted by molar-refractivity contribution is 5.48. The molecule has 0 saturated heterocycles. The summed E-state index contributed by atoms with van der Waals surface area (Å²) in [7, 11) is 0. The largest absolute Gasteiger partial charge is 0.306 e. The molecule has 0 heterocycles. The van der Waals surface area contributed by atoms with Crippen LogP contribution in [0.2, 0.25) is 0 Å². The zero-order valence-electron chi connectivity index (χ0n) is 12.9. The van der Waals surface area contributed by atoms with Gasteiger partial charge in [0.1, 0.15) is 0 Å². The van der Waals surface area contributed by atoms with Crippen LogP contribution < -0.4 is 5.32 Å². The third-order valence-electron chi connectivity index (χ3n) is 4.49. The molecule has 0 spiro atoms. The average Bonchev–Trinajstić information content (AvgIpc) is 2.53. The highest BCUT2D eigenvalue weighted by Gasteiger charge is 2.23. The van der Waals surface area contributed by atoms with Crippen LogP contribution in [0.5, 0.6) is 0 Å². The van der Waals surface area contributed by atoms with Gasteiger partial charge in [0.05, 0.1) is 6.04 Å². The Kier molecular flexibility index (Phi) is 4.72. The Bertz CT molecular complexity index is 542. The lowest BCUT2D eigenvalue weighted by molar-refractivity contribution is 0.546. The zero-order chi connectivity index (χ0) is 14.5. The maximum Gasteiger partial charge on any atom is 0.0582 e. The number of nitrogens with one attached hydrogen (secondary N) is 1. The van der Waals surface area contributed by atoms with Gasteiger partial charge in [-0.05, 0) is 41.6 Å². The first-order valence-corrected chi connectivity index (χ1v) is 8.29. The van der Waals surface area contributed by atoms with E-state index < -0.39 is 0 Å². The average molecular weight is 279 g/mol. The highest BCUT2D eigenvalue weighted by atomic mass is 14.9. The summed E-state index contributed by atoms with van der Waals surface area (Å²) in [4.78, 5) is 0. The summed E-state index contributed by atoms with van der Waals surface area (Å²) in [5.41, 5.74) is 5.88. The van der Waals surface area contributed by atoms with E-state index in [0.29, 0.717) is 6.04 Å². The van der Waals surface area contributed by atoms with Crippen LogP contribution in [0.1, 0.15) is 60.9 Å². The van der Waals surface area contributed by atoms with E-state index in [1.165, 1.54) is 47.9 Å². The van der Waals surface area contributed by atoms with Gasteiger partial charge in [0.2, 0.25) is 0 Å². The molecule has 110 valence electrons. The van der Waals surface area contributed by atoms with E-state index in [0.717, 1.165) is 13.0 Å². The molecule has 1 nitrogen and oxygen atoms in total. The predicted octanol–water partition coefficient (Wildman–Crippen LogP) is 4.85. The summed E-state index contributed by atoms with van der Waals surface area (Å²) in [6, 6.07) is 18.1. The molecule has 0 saturated carbocycles. The van der Waals surface area contributed by atoms with E-state index in [2.05, 4.69) is 60.8 Å². The molecule has 0 amide bonds. The van der Waals surface area contributed by atoms with Crippen molar-refractivity contribution in [3.63, 3.8) is 0 Å². The van der Waals surface area contributed by atoms with Crippen molar-refractivity contribution in [2.45, 2.75) is 45.1 Å². The second-order valence-corrected chi connectivity index (χ2v) is 6.02. The van der Waals surface area contributed by atoms with Gasteiger partial charge in [0, 0.05) is 0 Å². The maximum absolute atomic E-state index is 3.79. The first-order chi connectivity index (χ1) is 10.4. The molecule has 2 aromatic carbocycles. The van der Waals surface area contributed by atoms with Crippen molar-refractivity contribution in [1.29, 1.82) is 0 Å². The molecule has 0 unspecified atom stereocenters. The number of unbranched alkanes of at least 4 members (excludes halogenated alkanes) is 3. The molecule has 3 rings (SSSR count). The van der Waals surface area contributed by atoms with Crippen molar-refractivity contribution < 1.29 is 0 Å². The predicted molar refractivity (Wildman–Crippen MR) is 89.7 cm³/mol. The van der Waals surface area contributed by atoms with E-state index in [9.17, 15) is 0 Å². The maximum atomic E-state index is 3.79. The summed E-state index contributed by atoms with van der Waals surface area (Å²) < 4.78 is 0. The van der Waals surface area contributed by atoms with Crippen molar-refractivity contribution >= 4 is 0 Å². The van der Waals surface area contributed by atoms with Gasteiger partial charge in [-0.2, -0.15) is 0 Å². The Labute approximate surface area is 128 Å². The Hall–Kier alpha value is -1.60. The van der Waals surface area contributed by atoms with Crippen molar-refractivity contribution in [3.05, 3.63) is 70.8 Å². The Balaban J connectivity index is 1.78. The first kappa shape index (κ1) is 14.3. The molecule has 0 fully saturated rings. The summed E-state index contributed by atoms with van der Waals surface area (Å²) in [6.07, 6.45) is 6.32. The number of hydrogen-bond acceptors (Lipinski definition) is 1. The molecule has 0 aromatic heterocycles. The fourth-order valence-corrected chi connectivity index (χ4v) is 3.34. The smallest absolute Gasteiger partial charge is 0.0582 e.